The molecule has 1 aliphatic carbocycles. The second-order valence-electron chi connectivity index (χ2n) is 5.63. The number of Topliss-reactive ketones (excluding diaryl/α,β-unsaturated/α-hetero) is 2. The fourth-order valence-electron chi connectivity index (χ4n) is 3.04. The molecule has 0 aromatic heterocycles. The molecule has 5 nitrogen and oxygen atoms in total. The molecule has 1 saturated carbocycles. The molecule has 0 saturated heterocycles. The van der Waals surface area contributed by atoms with Crippen molar-refractivity contribution in [1.82, 2.24) is 0 Å². The molecule has 1 fully saturated rings. The van der Waals surface area contributed by atoms with Crippen molar-refractivity contribution >= 4 is 27.2 Å². The molecule has 23 heavy (non-hydrogen) atoms. The van der Waals surface area contributed by atoms with E-state index in [9.17, 15) is 23.1 Å². The second kappa shape index (κ2) is 6.57. The van der Waals surface area contributed by atoms with E-state index in [4.69, 9.17) is 0 Å². The normalized spacial score (nSPS) is 19.3. The molecule has 0 unspecified atom stereocenters. The third-order valence-corrected chi connectivity index (χ3v) is 6.00. The third-order valence-electron chi connectivity index (χ3n) is 4.27. The van der Waals surface area contributed by atoms with Gasteiger partial charge in [0.15, 0.2) is 21.4 Å². The van der Waals surface area contributed by atoms with Crippen LogP contribution in [0.3, 0.4) is 0 Å². The maximum atomic E-state index is 11.9. The molecular formula is C16H15O5SY-. The van der Waals surface area contributed by atoms with Gasteiger partial charge in [0, 0.05) is 51.3 Å². The van der Waals surface area contributed by atoms with Gasteiger partial charge in [-0.1, -0.05) is 18.9 Å². The van der Waals surface area contributed by atoms with Crippen molar-refractivity contribution in [3.63, 3.8) is 0 Å². The molecule has 1 N–H and O–H groups in total. The summed E-state index contributed by atoms with van der Waals surface area (Å²) in [5.41, 5.74) is 1.35. The maximum Gasteiger partial charge on any atom is 0.169 e. The zero-order valence-electron chi connectivity index (χ0n) is 12.7. The van der Waals surface area contributed by atoms with Crippen molar-refractivity contribution in [3.8, 4) is 0 Å². The van der Waals surface area contributed by atoms with Crippen molar-refractivity contribution in [2.24, 2.45) is 0 Å². The average molecular weight is 408 g/mol. The van der Waals surface area contributed by atoms with Crippen LogP contribution in [0, 0.1) is 13.0 Å². The van der Waals surface area contributed by atoms with Gasteiger partial charge in [-0.25, -0.2) is 8.42 Å². The molecule has 0 atom stereocenters. The number of allylic oxidation sites excluding steroid dienone is 1. The number of hydrogen-bond donors (Lipinski definition) is 1. The van der Waals surface area contributed by atoms with E-state index in [-0.39, 0.29) is 79.1 Å². The van der Waals surface area contributed by atoms with Gasteiger partial charge in [-0.05, 0) is 11.3 Å². The van der Waals surface area contributed by atoms with E-state index in [1.165, 1.54) is 6.07 Å². The second-order valence-corrected chi connectivity index (χ2v) is 7.67. The van der Waals surface area contributed by atoms with Crippen LogP contribution in [0.5, 0.6) is 0 Å². The average Bonchev–Trinajstić information content (AvgIpc) is 2.75. The predicted octanol–water partition coefficient (Wildman–Crippen LogP) is 1.71. The Morgan fingerprint density at radius 1 is 1.17 bits per heavy atom. The number of fused-ring (bicyclic) bond motifs is 1. The van der Waals surface area contributed by atoms with Crippen molar-refractivity contribution in [2.45, 2.75) is 37.5 Å². The molecule has 1 aromatic carbocycles. The first-order valence-corrected chi connectivity index (χ1v) is 8.75. The van der Waals surface area contributed by atoms with Gasteiger partial charge in [0.25, 0.3) is 0 Å². The molecule has 7 heteroatoms. The summed E-state index contributed by atoms with van der Waals surface area (Å²) < 4.78 is 23.8. The number of carbonyl (C=O) groups is 2. The topological polar surface area (TPSA) is 88.5 Å². The van der Waals surface area contributed by atoms with Gasteiger partial charge in [-0.3, -0.25) is 9.59 Å². The SMILES string of the molecule is Cc1c(C(O)=C2C(=O)CCCC2=O)c[c-]c2c1CCS2(=O)=O.[Y]. The summed E-state index contributed by atoms with van der Waals surface area (Å²) in [4.78, 5) is 24.0. The molecule has 1 aromatic rings. The van der Waals surface area contributed by atoms with Crippen LogP contribution < -0.4 is 0 Å². The summed E-state index contributed by atoms with van der Waals surface area (Å²) in [6.45, 7) is 1.69. The number of benzene rings is 1. The number of sulfone groups is 1. The Hall–Kier alpha value is -0.846. The van der Waals surface area contributed by atoms with Crippen LogP contribution >= 0.6 is 0 Å². The van der Waals surface area contributed by atoms with E-state index in [0.29, 0.717) is 29.5 Å². The summed E-state index contributed by atoms with van der Waals surface area (Å²) >= 11 is 0. The molecule has 119 valence electrons. The minimum atomic E-state index is -3.30. The van der Waals surface area contributed by atoms with Gasteiger partial charge in [0.1, 0.15) is 0 Å². The van der Waals surface area contributed by atoms with Gasteiger partial charge >= 0.3 is 0 Å². The fraction of sp³-hybridized carbons (Fsp3) is 0.375. The van der Waals surface area contributed by atoms with E-state index in [1.54, 1.807) is 6.92 Å². The number of hydrogen-bond acceptors (Lipinski definition) is 5. The number of rotatable bonds is 1. The third kappa shape index (κ3) is 3.09. The summed E-state index contributed by atoms with van der Waals surface area (Å²) in [6, 6.07) is 4.05. The monoisotopic (exact) mass is 408 g/mol. The minimum absolute atomic E-state index is 0. The van der Waals surface area contributed by atoms with E-state index in [0.717, 1.165) is 0 Å². The summed E-state index contributed by atoms with van der Waals surface area (Å²) in [6.07, 6.45) is 1.35. The van der Waals surface area contributed by atoms with Gasteiger partial charge in [-0.15, -0.1) is 11.1 Å². The molecule has 0 amide bonds. The standard InChI is InChI=1S/C16H15O5S.Y/c1-9-10-7-8-22(20,21)14(10)6-5-11(9)16(19)15-12(17)3-2-4-13(15)18;/h5,19H,2-4,7-8H2,1H3;/q-1;. The predicted molar refractivity (Wildman–Crippen MR) is 79.2 cm³/mol. The van der Waals surface area contributed by atoms with Crippen molar-refractivity contribution in [3.05, 3.63) is 34.4 Å². The summed E-state index contributed by atoms with van der Waals surface area (Å²) in [5.74, 6) is -1.05. The van der Waals surface area contributed by atoms with Gasteiger partial charge in [0.05, 0.1) is 11.3 Å². The first-order valence-electron chi connectivity index (χ1n) is 7.10. The molecule has 2 aliphatic rings. The molecule has 0 spiro atoms. The number of carbonyl (C=O) groups excluding carboxylic acids is 2. The molecular weight excluding hydrogens is 393 g/mol. The fourth-order valence-corrected chi connectivity index (χ4v) is 4.59. The molecule has 0 bridgehead atoms. The Labute approximate surface area is 160 Å². The van der Waals surface area contributed by atoms with Crippen LogP contribution in [0.15, 0.2) is 16.5 Å². The Bertz CT molecular complexity index is 818. The summed E-state index contributed by atoms with van der Waals surface area (Å²) in [7, 11) is -3.30. The van der Waals surface area contributed by atoms with Gasteiger partial charge in [-0.2, -0.15) is 12.1 Å². The van der Waals surface area contributed by atoms with Crippen molar-refractivity contribution in [2.75, 3.05) is 5.75 Å². The van der Waals surface area contributed by atoms with Crippen LogP contribution in [-0.4, -0.2) is 30.8 Å². The zero-order chi connectivity index (χ0) is 16.1. The first kappa shape index (κ1) is 18.5. The van der Waals surface area contributed by atoms with E-state index in [1.807, 2.05) is 0 Å². The molecule has 1 radical (unpaired) electrons. The molecule has 3 rings (SSSR count). The Kier molecular flexibility index (Phi) is 5.29. The summed E-state index contributed by atoms with van der Waals surface area (Å²) in [5, 5.41) is 10.4. The Balaban J connectivity index is 0.00000192. The van der Waals surface area contributed by atoms with Crippen LogP contribution in [0.4, 0.5) is 0 Å². The Morgan fingerprint density at radius 2 is 1.78 bits per heavy atom. The van der Waals surface area contributed by atoms with Gasteiger partial charge in [0.2, 0.25) is 0 Å². The van der Waals surface area contributed by atoms with E-state index < -0.39 is 9.84 Å². The van der Waals surface area contributed by atoms with Crippen molar-refractivity contribution < 1.29 is 55.8 Å². The molecule has 1 aliphatic heterocycles. The quantitative estimate of drug-likeness (QED) is 0.331. The molecule has 1 heterocycles. The van der Waals surface area contributed by atoms with Crippen LogP contribution in [0.25, 0.3) is 5.76 Å². The maximum absolute atomic E-state index is 11.9. The number of aliphatic hydroxyl groups is 1. The van der Waals surface area contributed by atoms with Crippen molar-refractivity contribution in [1.29, 1.82) is 0 Å². The minimum Gasteiger partial charge on any atom is -0.519 e. The number of aliphatic hydroxyl groups excluding tert-OH is 1. The zero-order valence-corrected chi connectivity index (χ0v) is 16.3. The van der Waals surface area contributed by atoms with Crippen LogP contribution in [0.1, 0.15) is 36.0 Å². The smallest absolute Gasteiger partial charge is 0.169 e. The van der Waals surface area contributed by atoms with Crippen LogP contribution in [-0.2, 0) is 58.6 Å². The first-order chi connectivity index (χ1) is 10.3. The largest absolute Gasteiger partial charge is 0.519 e. The van der Waals surface area contributed by atoms with E-state index in [2.05, 4.69) is 6.07 Å². The Morgan fingerprint density at radius 3 is 2.39 bits per heavy atom. The van der Waals surface area contributed by atoms with Crippen LogP contribution in [0.2, 0.25) is 0 Å². The van der Waals surface area contributed by atoms with E-state index >= 15 is 0 Å². The van der Waals surface area contributed by atoms with Gasteiger partial charge < -0.3 is 5.11 Å². The number of ketones is 2.